The van der Waals surface area contributed by atoms with Gasteiger partial charge in [-0.05, 0) is 30.3 Å². The molecule has 2 rings (SSSR count). The molecule has 0 bridgehead atoms. The van der Waals surface area contributed by atoms with Gasteiger partial charge in [-0.3, -0.25) is 0 Å². The molecule has 21 heavy (non-hydrogen) atoms. The number of nitrogens with one attached hydrogen (secondary N) is 1. The average molecular weight is 285 g/mol. The van der Waals surface area contributed by atoms with Crippen molar-refractivity contribution in [3.05, 3.63) is 53.3 Å². The van der Waals surface area contributed by atoms with Gasteiger partial charge < -0.3 is 15.8 Å². The first kappa shape index (κ1) is 14.3. The standard InChI is InChI=1S/C15H12FN3O2/c1-21-15(20)10-7-9(5-6-13(10)18)19-14-4-2-3-12(16)11(14)8-17/h2-7,19H,18H2,1H3. The van der Waals surface area contributed by atoms with Crippen molar-refractivity contribution >= 4 is 23.0 Å². The lowest BCUT2D eigenvalue weighted by molar-refractivity contribution is 0.0602. The minimum Gasteiger partial charge on any atom is -0.465 e. The molecule has 0 radical (unpaired) electrons. The van der Waals surface area contributed by atoms with E-state index in [0.29, 0.717) is 11.4 Å². The second-order valence-electron chi connectivity index (χ2n) is 4.19. The summed E-state index contributed by atoms with van der Waals surface area (Å²) >= 11 is 0. The largest absolute Gasteiger partial charge is 0.465 e. The molecule has 5 nitrogen and oxygen atoms in total. The van der Waals surface area contributed by atoms with Crippen LogP contribution in [0.1, 0.15) is 15.9 Å². The topological polar surface area (TPSA) is 88.1 Å². The number of halogens is 1. The van der Waals surface area contributed by atoms with Crippen LogP contribution in [0.15, 0.2) is 36.4 Å². The lowest BCUT2D eigenvalue weighted by Crippen LogP contribution is -2.06. The minimum atomic E-state index is -0.619. The number of ether oxygens (including phenoxy) is 1. The molecule has 0 unspecified atom stereocenters. The second-order valence-corrected chi connectivity index (χ2v) is 4.19. The van der Waals surface area contributed by atoms with Gasteiger partial charge in [0.2, 0.25) is 0 Å². The molecule has 0 saturated carbocycles. The molecule has 3 N–H and O–H groups in total. The van der Waals surface area contributed by atoms with Crippen molar-refractivity contribution < 1.29 is 13.9 Å². The van der Waals surface area contributed by atoms with Crippen LogP contribution < -0.4 is 11.1 Å². The third-order valence-corrected chi connectivity index (χ3v) is 2.86. The number of carbonyl (C=O) groups is 1. The molecule has 0 heterocycles. The predicted molar refractivity (Wildman–Crippen MR) is 76.6 cm³/mol. The molecule has 2 aromatic carbocycles. The van der Waals surface area contributed by atoms with Crippen molar-refractivity contribution in [2.24, 2.45) is 0 Å². The number of hydrogen-bond acceptors (Lipinski definition) is 5. The Bertz CT molecular complexity index is 738. The van der Waals surface area contributed by atoms with Gasteiger partial charge in [-0.25, -0.2) is 9.18 Å². The molecule has 0 spiro atoms. The van der Waals surface area contributed by atoms with Gasteiger partial charge in [0, 0.05) is 11.4 Å². The summed E-state index contributed by atoms with van der Waals surface area (Å²) in [6.07, 6.45) is 0. The number of carbonyl (C=O) groups excluding carboxylic acids is 1. The van der Waals surface area contributed by atoms with Crippen LogP contribution in [0.3, 0.4) is 0 Å². The molecule has 0 amide bonds. The van der Waals surface area contributed by atoms with Crippen LogP contribution in [0, 0.1) is 17.1 Å². The molecule has 0 fully saturated rings. The number of anilines is 3. The first-order valence-corrected chi connectivity index (χ1v) is 6.00. The van der Waals surface area contributed by atoms with Crippen molar-refractivity contribution in [2.45, 2.75) is 0 Å². The number of nitriles is 1. The van der Waals surface area contributed by atoms with Crippen molar-refractivity contribution in [1.82, 2.24) is 0 Å². The summed E-state index contributed by atoms with van der Waals surface area (Å²) in [4.78, 5) is 11.6. The third kappa shape index (κ3) is 2.92. The van der Waals surface area contributed by atoms with Crippen LogP contribution in [0.25, 0.3) is 0 Å². The fourth-order valence-electron chi connectivity index (χ4n) is 1.82. The van der Waals surface area contributed by atoms with Gasteiger partial charge in [-0.2, -0.15) is 5.26 Å². The predicted octanol–water partition coefficient (Wildman–Crippen LogP) is 2.81. The van der Waals surface area contributed by atoms with E-state index in [-0.39, 0.29) is 16.8 Å². The first-order valence-electron chi connectivity index (χ1n) is 6.00. The van der Waals surface area contributed by atoms with E-state index in [0.717, 1.165) is 0 Å². The normalized spacial score (nSPS) is 9.76. The van der Waals surface area contributed by atoms with E-state index >= 15 is 0 Å². The highest BCUT2D eigenvalue weighted by Crippen LogP contribution is 2.25. The molecule has 6 heteroatoms. The number of rotatable bonds is 3. The number of nitrogens with two attached hydrogens (primary N) is 1. The molecule has 0 aliphatic rings. The average Bonchev–Trinajstić information content (AvgIpc) is 2.48. The maximum absolute atomic E-state index is 13.5. The molecule has 0 atom stereocenters. The Morgan fingerprint density at radius 2 is 2.14 bits per heavy atom. The highest BCUT2D eigenvalue weighted by molar-refractivity contribution is 5.96. The summed E-state index contributed by atoms with van der Waals surface area (Å²) in [5.74, 6) is -1.19. The zero-order valence-electron chi connectivity index (χ0n) is 11.2. The first-order chi connectivity index (χ1) is 10.1. The zero-order chi connectivity index (χ0) is 15.4. The molecule has 0 aromatic heterocycles. The van der Waals surface area contributed by atoms with Crippen LogP contribution in [0.4, 0.5) is 21.5 Å². The highest BCUT2D eigenvalue weighted by Gasteiger charge is 2.12. The SMILES string of the molecule is COC(=O)c1cc(Nc2cccc(F)c2C#N)ccc1N. The highest BCUT2D eigenvalue weighted by atomic mass is 19.1. The lowest BCUT2D eigenvalue weighted by atomic mass is 10.1. The number of esters is 1. The number of hydrogen-bond donors (Lipinski definition) is 2. The van der Waals surface area contributed by atoms with Gasteiger partial charge in [-0.15, -0.1) is 0 Å². The molecular weight excluding hydrogens is 273 g/mol. The van der Waals surface area contributed by atoms with E-state index in [1.54, 1.807) is 18.2 Å². The Morgan fingerprint density at radius 3 is 2.81 bits per heavy atom. The lowest BCUT2D eigenvalue weighted by Gasteiger charge is -2.11. The van der Waals surface area contributed by atoms with E-state index in [2.05, 4.69) is 10.1 Å². The van der Waals surface area contributed by atoms with Gasteiger partial charge >= 0.3 is 5.97 Å². The van der Waals surface area contributed by atoms with Crippen LogP contribution in [-0.2, 0) is 4.74 Å². The summed E-state index contributed by atoms with van der Waals surface area (Å²) in [6, 6.07) is 10.7. The molecule has 106 valence electrons. The number of nitrogens with zero attached hydrogens (tertiary/aromatic N) is 1. The van der Waals surface area contributed by atoms with E-state index in [9.17, 15) is 9.18 Å². The van der Waals surface area contributed by atoms with E-state index in [1.807, 2.05) is 0 Å². The van der Waals surface area contributed by atoms with E-state index in [4.69, 9.17) is 11.0 Å². The van der Waals surface area contributed by atoms with Crippen molar-refractivity contribution in [3.63, 3.8) is 0 Å². The Labute approximate surface area is 120 Å². The maximum Gasteiger partial charge on any atom is 0.340 e. The Morgan fingerprint density at radius 1 is 1.38 bits per heavy atom. The van der Waals surface area contributed by atoms with Crippen molar-refractivity contribution in [3.8, 4) is 6.07 Å². The summed E-state index contributed by atoms with van der Waals surface area (Å²) in [5.41, 5.74) is 6.85. The molecular formula is C15H12FN3O2. The molecule has 0 saturated heterocycles. The number of nitrogen functional groups attached to an aromatic ring is 1. The van der Waals surface area contributed by atoms with Gasteiger partial charge in [0.25, 0.3) is 0 Å². The monoisotopic (exact) mass is 285 g/mol. The van der Waals surface area contributed by atoms with Crippen molar-refractivity contribution in [1.29, 1.82) is 5.26 Å². The van der Waals surface area contributed by atoms with Gasteiger partial charge in [0.15, 0.2) is 0 Å². The Balaban J connectivity index is 2.40. The summed E-state index contributed by atoms with van der Waals surface area (Å²) in [5, 5.41) is 11.9. The maximum atomic E-state index is 13.5. The number of methoxy groups -OCH3 is 1. The Kier molecular flexibility index (Phi) is 4.05. The van der Waals surface area contributed by atoms with Gasteiger partial charge in [-0.1, -0.05) is 6.07 Å². The second kappa shape index (κ2) is 5.92. The van der Waals surface area contributed by atoms with Gasteiger partial charge in [0.1, 0.15) is 17.4 Å². The number of benzene rings is 2. The smallest absolute Gasteiger partial charge is 0.340 e. The molecule has 2 aromatic rings. The van der Waals surface area contributed by atoms with Gasteiger partial charge in [0.05, 0.1) is 18.4 Å². The zero-order valence-corrected chi connectivity index (χ0v) is 11.2. The summed E-state index contributed by atoms with van der Waals surface area (Å²) in [7, 11) is 1.25. The van der Waals surface area contributed by atoms with E-state index < -0.39 is 11.8 Å². The fraction of sp³-hybridized carbons (Fsp3) is 0.0667. The molecule has 0 aliphatic heterocycles. The van der Waals surface area contributed by atoms with Crippen LogP contribution in [0.2, 0.25) is 0 Å². The van der Waals surface area contributed by atoms with Crippen LogP contribution in [-0.4, -0.2) is 13.1 Å². The summed E-state index contributed by atoms with van der Waals surface area (Å²) < 4.78 is 18.2. The quantitative estimate of drug-likeness (QED) is 0.668. The molecule has 0 aliphatic carbocycles. The van der Waals surface area contributed by atoms with Crippen molar-refractivity contribution in [2.75, 3.05) is 18.2 Å². The summed E-state index contributed by atoms with van der Waals surface area (Å²) in [6.45, 7) is 0. The van der Waals surface area contributed by atoms with Crippen LogP contribution >= 0.6 is 0 Å². The van der Waals surface area contributed by atoms with E-state index in [1.165, 1.54) is 31.4 Å². The minimum absolute atomic E-state index is 0.103. The fourth-order valence-corrected chi connectivity index (χ4v) is 1.82. The third-order valence-electron chi connectivity index (χ3n) is 2.86. The van der Waals surface area contributed by atoms with Crippen LogP contribution in [0.5, 0.6) is 0 Å². The Hall–Kier alpha value is -3.07.